The van der Waals surface area contributed by atoms with Gasteiger partial charge in [0.05, 0.1) is 24.5 Å². The highest BCUT2D eigenvalue weighted by molar-refractivity contribution is 5.85. The third-order valence-corrected chi connectivity index (χ3v) is 2.16. The van der Waals surface area contributed by atoms with Crippen LogP contribution < -0.4 is 9.84 Å². The molecule has 82 valence electrons. The SMILES string of the molecule is COc1cccc(-c2cc(C(=O)[O-])[nH]n2)c1. The fraction of sp³-hybridized carbons (Fsp3) is 0.0909. The Hall–Kier alpha value is -2.30. The number of methoxy groups -OCH3 is 1. The molecule has 0 amide bonds. The van der Waals surface area contributed by atoms with Gasteiger partial charge in [0.2, 0.25) is 0 Å². The van der Waals surface area contributed by atoms with Crippen LogP contribution in [0, 0.1) is 0 Å². The van der Waals surface area contributed by atoms with E-state index in [1.807, 2.05) is 12.1 Å². The topological polar surface area (TPSA) is 78.0 Å². The normalized spacial score (nSPS) is 10.1. The number of carboxylic acid groups (broad SMARTS) is 1. The van der Waals surface area contributed by atoms with Gasteiger partial charge in [-0.2, -0.15) is 5.10 Å². The number of hydrogen-bond acceptors (Lipinski definition) is 4. The van der Waals surface area contributed by atoms with Gasteiger partial charge >= 0.3 is 0 Å². The monoisotopic (exact) mass is 217 g/mol. The molecule has 5 nitrogen and oxygen atoms in total. The Morgan fingerprint density at radius 3 is 2.88 bits per heavy atom. The van der Waals surface area contributed by atoms with Gasteiger partial charge in [-0.1, -0.05) is 12.1 Å². The fourth-order valence-corrected chi connectivity index (χ4v) is 1.36. The van der Waals surface area contributed by atoms with Crippen molar-refractivity contribution in [3.05, 3.63) is 36.0 Å². The van der Waals surface area contributed by atoms with Crippen molar-refractivity contribution in [3.8, 4) is 17.0 Å². The molecule has 0 saturated carbocycles. The molecular weight excluding hydrogens is 208 g/mol. The molecular formula is C11H9N2O3-. The highest BCUT2D eigenvalue weighted by Gasteiger charge is 2.05. The van der Waals surface area contributed by atoms with E-state index in [9.17, 15) is 9.90 Å². The molecule has 0 unspecified atom stereocenters. The van der Waals surface area contributed by atoms with Gasteiger partial charge in [-0.3, -0.25) is 5.10 Å². The lowest BCUT2D eigenvalue weighted by atomic mass is 10.1. The molecule has 2 rings (SSSR count). The van der Waals surface area contributed by atoms with E-state index >= 15 is 0 Å². The van der Waals surface area contributed by atoms with Crippen LogP contribution in [0.4, 0.5) is 0 Å². The maximum absolute atomic E-state index is 10.6. The molecule has 0 aliphatic heterocycles. The first-order valence-corrected chi connectivity index (χ1v) is 4.62. The van der Waals surface area contributed by atoms with Crippen LogP contribution in [-0.4, -0.2) is 23.3 Å². The second-order valence-corrected chi connectivity index (χ2v) is 3.19. The Bertz CT molecular complexity index is 519. The minimum atomic E-state index is -1.28. The smallest absolute Gasteiger partial charge is 0.119 e. The zero-order chi connectivity index (χ0) is 11.5. The number of ether oxygens (including phenoxy) is 1. The summed E-state index contributed by atoms with van der Waals surface area (Å²) >= 11 is 0. The predicted octanol–water partition coefficient (Wildman–Crippen LogP) is 0.449. The number of nitrogens with zero attached hydrogens (tertiary/aromatic N) is 1. The minimum Gasteiger partial charge on any atom is -0.543 e. The van der Waals surface area contributed by atoms with Gasteiger partial charge in [-0.25, -0.2) is 0 Å². The van der Waals surface area contributed by atoms with E-state index < -0.39 is 5.97 Å². The van der Waals surface area contributed by atoms with Crippen LogP contribution in [0.3, 0.4) is 0 Å². The van der Waals surface area contributed by atoms with Crippen LogP contribution in [0.1, 0.15) is 10.5 Å². The van der Waals surface area contributed by atoms with Crippen molar-refractivity contribution in [1.29, 1.82) is 0 Å². The van der Waals surface area contributed by atoms with Crippen LogP contribution in [0.15, 0.2) is 30.3 Å². The summed E-state index contributed by atoms with van der Waals surface area (Å²) in [6, 6.07) is 8.62. The Labute approximate surface area is 91.7 Å². The van der Waals surface area contributed by atoms with Crippen molar-refractivity contribution >= 4 is 5.97 Å². The Morgan fingerprint density at radius 2 is 2.25 bits per heavy atom. The fourth-order valence-electron chi connectivity index (χ4n) is 1.36. The molecule has 0 radical (unpaired) electrons. The summed E-state index contributed by atoms with van der Waals surface area (Å²) in [4.78, 5) is 10.6. The van der Waals surface area contributed by atoms with Gasteiger partial charge in [0.25, 0.3) is 0 Å². The zero-order valence-corrected chi connectivity index (χ0v) is 8.56. The van der Waals surface area contributed by atoms with Crippen LogP contribution >= 0.6 is 0 Å². The van der Waals surface area contributed by atoms with E-state index in [2.05, 4.69) is 10.2 Å². The molecule has 0 spiro atoms. The molecule has 0 atom stereocenters. The quantitative estimate of drug-likeness (QED) is 0.809. The van der Waals surface area contributed by atoms with E-state index in [1.54, 1.807) is 19.2 Å². The standard InChI is InChI=1S/C11H10N2O3/c1-16-8-4-2-3-7(5-8)9-6-10(11(14)15)13-12-9/h2-6H,1H3,(H,12,13)(H,14,15)/p-1. The van der Waals surface area contributed by atoms with Gasteiger partial charge in [0.15, 0.2) is 0 Å². The molecule has 0 aliphatic rings. The third kappa shape index (κ3) is 1.88. The maximum atomic E-state index is 10.6. The number of carbonyl (C=O) groups excluding carboxylic acids is 1. The van der Waals surface area contributed by atoms with Gasteiger partial charge in [0.1, 0.15) is 5.75 Å². The molecule has 2 aromatic rings. The number of carbonyl (C=O) groups is 1. The number of aromatic amines is 1. The highest BCUT2D eigenvalue weighted by Crippen LogP contribution is 2.22. The van der Waals surface area contributed by atoms with E-state index in [1.165, 1.54) is 6.07 Å². The molecule has 0 aliphatic carbocycles. The van der Waals surface area contributed by atoms with Gasteiger partial charge in [-0.05, 0) is 18.2 Å². The van der Waals surface area contributed by atoms with E-state index in [4.69, 9.17) is 4.74 Å². The van der Waals surface area contributed by atoms with Gasteiger partial charge < -0.3 is 14.6 Å². The first-order chi connectivity index (χ1) is 7.70. The second kappa shape index (κ2) is 4.06. The van der Waals surface area contributed by atoms with Crippen LogP contribution in [0.25, 0.3) is 11.3 Å². The zero-order valence-electron chi connectivity index (χ0n) is 8.56. The predicted molar refractivity (Wildman–Crippen MR) is 54.9 cm³/mol. The number of hydrogen-bond donors (Lipinski definition) is 1. The minimum absolute atomic E-state index is 0.0437. The van der Waals surface area contributed by atoms with E-state index in [0.29, 0.717) is 11.4 Å². The van der Waals surface area contributed by atoms with Gasteiger partial charge in [0, 0.05) is 5.56 Å². The Balaban J connectivity index is 2.38. The third-order valence-electron chi connectivity index (χ3n) is 2.16. The summed E-state index contributed by atoms with van der Waals surface area (Å²) in [6.07, 6.45) is 0. The van der Waals surface area contributed by atoms with Crippen LogP contribution in [0.2, 0.25) is 0 Å². The second-order valence-electron chi connectivity index (χ2n) is 3.19. The van der Waals surface area contributed by atoms with Crippen LogP contribution in [0.5, 0.6) is 5.75 Å². The number of nitrogens with one attached hydrogen (secondary N) is 1. The molecule has 0 fully saturated rings. The first kappa shape index (κ1) is 10.2. The summed E-state index contributed by atoms with van der Waals surface area (Å²) in [6.45, 7) is 0. The number of rotatable bonds is 3. The number of carboxylic acids is 1. The molecule has 0 saturated heterocycles. The maximum Gasteiger partial charge on any atom is 0.119 e. The summed E-state index contributed by atoms with van der Waals surface area (Å²) in [5, 5.41) is 16.8. The average molecular weight is 217 g/mol. The summed E-state index contributed by atoms with van der Waals surface area (Å²) in [5.41, 5.74) is 1.28. The first-order valence-electron chi connectivity index (χ1n) is 4.62. The van der Waals surface area contributed by atoms with E-state index in [0.717, 1.165) is 5.56 Å². The average Bonchev–Trinajstić information content (AvgIpc) is 2.78. The van der Waals surface area contributed by atoms with Crippen molar-refractivity contribution in [2.24, 2.45) is 0 Å². The molecule has 1 heterocycles. The lowest BCUT2D eigenvalue weighted by Gasteiger charge is -2.01. The largest absolute Gasteiger partial charge is 0.543 e. The Kier molecular flexibility index (Phi) is 2.59. The molecule has 5 heteroatoms. The molecule has 0 bridgehead atoms. The number of aromatic nitrogens is 2. The highest BCUT2D eigenvalue weighted by atomic mass is 16.5. The Morgan fingerprint density at radius 1 is 1.44 bits per heavy atom. The number of H-pyrrole nitrogens is 1. The van der Waals surface area contributed by atoms with Crippen molar-refractivity contribution < 1.29 is 14.6 Å². The summed E-state index contributed by atoms with van der Waals surface area (Å²) in [5.74, 6) is -0.586. The molecule has 1 aromatic carbocycles. The lowest BCUT2D eigenvalue weighted by molar-refractivity contribution is -0.255. The van der Waals surface area contributed by atoms with Crippen molar-refractivity contribution in [1.82, 2.24) is 10.2 Å². The number of benzene rings is 1. The number of aromatic carboxylic acids is 1. The molecule has 1 aromatic heterocycles. The van der Waals surface area contributed by atoms with Crippen molar-refractivity contribution in [3.63, 3.8) is 0 Å². The van der Waals surface area contributed by atoms with Crippen molar-refractivity contribution in [2.45, 2.75) is 0 Å². The van der Waals surface area contributed by atoms with Gasteiger partial charge in [-0.15, -0.1) is 0 Å². The summed E-state index contributed by atoms with van der Waals surface area (Å²) < 4.78 is 5.06. The van der Waals surface area contributed by atoms with E-state index in [-0.39, 0.29) is 5.69 Å². The molecule has 16 heavy (non-hydrogen) atoms. The van der Waals surface area contributed by atoms with Crippen LogP contribution in [-0.2, 0) is 0 Å². The van der Waals surface area contributed by atoms with Crippen molar-refractivity contribution in [2.75, 3.05) is 7.11 Å². The molecule has 1 N–H and O–H groups in total. The summed E-state index contributed by atoms with van der Waals surface area (Å²) in [7, 11) is 1.57. The lowest BCUT2D eigenvalue weighted by Crippen LogP contribution is -2.22.